The molecule has 1 aliphatic rings. The Balaban J connectivity index is 1.34. The molecule has 1 N–H and O–H groups in total. The van der Waals surface area contributed by atoms with E-state index in [9.17, 15) is 4.79 Å². The third kappa shape index (κ3) is 5.66. The summed E-state index contributed by atoms with van der Waals surface area (Å²) >= 11 is 1.76. The van der Waals surface area contributed by atoms with Crippen LogP contribution in [-0.2, 0) is 11.3 Å². The van der Waals surface area contributed by atoms with Gasteiger partial charge in [-0.1, -0.05) is 30.3 Å². The van der Waals surface area contributed by atoms with E-state index in [1.165, 1.54) is 5.56 Å². The van der Waals surface area contributed by atoms with Crippen molar-refractivity contribution in [2.24, 2.45) is 0 Å². The highest BCUT2D eigenvalue weighted by Gasteiger charge is 2.18. The number of carbonyl (C=O) groups excluding carboxylic acids is 1. The monoisotopic (exact) mass is 357 g/mol. The summed E-state index contributed by atoms with van der Waals surface area (Å²) < 4.78 is 0. The van der Waals surface area contributed by atoms with Gasteiger partial charge >= 0.3 is 0 Å². The van der Waals surface area contributed by atoms with Crippen LogP contribution in [0.25, 0.3) is 0 Å². The molecular formula is C20H27N3OS. The lowest BCUT2D eigenvalue weighted by molar-refractivity contribution is -0.122. The number of benzene rings is 1. The van der Waals surface area contributed by atoms with Crippen LogP contribution in [0.3, 0.4) is 0 Å². The average Bonchev–Trinajstić information content (AvgIpc) is 3.15. The lowest BCUT2D eigenvalue weighted by Gasteiger charge is -2.34. The van der Waals surface area contributed by atoms with Crippen LogP contribution in [0, 0.1) is 0 Å². The molecule has 0 radical (unpaired) electrons. The average molecular weight is 358 g/mol. The molecule has 2 heterocycles. The molecule has 1 aromatic carbocycles. The quantitative estimate of drug-likeness (QED) is 0.827. The molecule has 1 aliphatic heterocycles. The van der Waals surface area contributed by atoms with Gasteiger partial charge in [0.1, 0.15) is 0 Å². The van der Waals surface area contributed by atoms with Gasteiger partial charge in [-0.2, -0.15) is 11.3 Å². The molecule has 1 saturated heterocycles. The highest BCUT2D eigenvalue weighted by atomic mass is 32.1. The van der Waals surface area contributed by atoms with Crippen LogP contribution in [0.5, 0.6) is 0 Å². The number of nitrogens with zero attached hydrogens (tertiary/aromatic N) is 2. The smallest absolute Gasteiger partial charge is 0.221 e. The van der Waals surface area contributed by atoms with Crippen LogP contribution in [0.4, 0.5) is 0 Å². The van der Waals surface area contributed by atoms with Gasteiger partial charge in [-0.3, -0.25) is 9.69 Å². The molecule has 1 atom stereocenters. The maximum atomic E-state index is 12.2. The number of nitrogens with one attached hydrogen (secondary N) is 1. The van der Waals surface area contributed by atoms with Crippen LogP contribution >= 0.6 is 11.3 Å². The maximum absolute atomic E-state index is 12.2. The first-order chi connectivity index (χ1) is 12.2. The Labute approximate surface area is 154 Å². The molecule has 134 valence electrons. The zero-order valence-corrected chi connectivity index (χ0v) is 15.7. The molecule has 0 aliphatic carbocycles. The zero-order valence-electron chi connectivity index (χ0n) is 14.9. The molecule has 3 rings (SSSR count). The number of hydrogen-bond donors (Lipinski definition) is 1. The second-order valence-electron chi connectivity index (χ2n) is 6.70. The van der Waals surface area contributed by atoms with Crippen molar-refractivity contribution in [3.05, 3.63) is 58.3 Å². The highest BCUT2D eigenvalue weighted by molar-refractivity contribution is 7.07. The first-order valence-electron chi connectivity index (χ1n) is 9.01. The molecule has 0 spiro atoms. The van der Waals surface area contributed by atoms with Gasteiger partial charge in [-0.25, -0.2) is 0 Å². The molecule has 0 bridgehead atoms. The van der Waals surface area contributed by atoms with E-state index in [-0.39, 0.29) is 11.9 Å². The number of thiophene rings is 1. The summed E-state index contributed by atoms with van der Waals surface area (Å²) in [5, 5.41) is 7.47. The van der Waals surface area contributed by atoms with E-state index < -0.39 is 0 Å². The van der Waals surface area contributed by atoms with Crippen LogP contribution in [0.15, 0.2) is 47.2 Å². The third-order valence-corrected chi connectivity index (χ3v) is 5.52. The third-order valence-electron chi connectivity index (χ3n) is 4.78. The van der Waals surface area contributed by atoms with Crippen molar-refractivity contribution in [2.45, 2.75) is 25.9 Å². The summed E-state index contributed by atoms with van der Waals surface area (Å²) in [4.78, 5) is 17.1. The summed E-state index contributed by atoms with van der Waals surface area (Å²) in [6.45, 7) is 8.19. The standard InChI is InChI=1S/C20H27N3OS/c1-17(19-5-3-2-4-6-19)21-20(24)7-9-22-10-12-23(13-11-22)15-18-8-14-25-16-18/h2-6,8,14,16-17H,7,9-13,15H2,1H3,(H,21,24). The minimum Gasteiger partial charge on any atom is -0.350 e. The topological polar surface area (TPSA) is 35.6 Å². The Kier molecular flexibility index (Phi) is 6.62. The van der Waals surface area contributed by atoms with Gasteiger partial charge in [0, 0.05) is 45.7 Å². The zero-order chi connectivity index (χ0) is 17.5. The number of piperazine rings is 1. The Morgan fingerprint density at radius 3 is 2.52 bits per heavy atom. The van der Waals surface area contributed by atoms with Gasteiger partial charge in [0.05, 0.1) is 6.04 Å². The lowest BCUT2D eigenvalue weighted by atomic mass is 10.1. The van der Waals surface area contributed by atoms with Crippen molar-refractivity contribution in [3.63, 3.8) is 0 Å². The molecule has 4 nitrogen and oxygen atoms in total. The molecule has 2 aromatic rings. The van der Waals surface area contributed by atoms with Crippen molar-refractivity contribution < 1.29 is 4.79 Å². The molecule has 5 heteroatoms. The molecule has 1 fully saturated rings. The summed E-state index contributed by atoms with van der Waals surface area (Å²) in [6, 6.07) is 12.4. The van der Waals surface area contributed by atoms with Crippen LogP contribution in [-0.4, -0.2) is 48.4 Å². The minimum atomic E-state index is 0.0659. The second kappa shape index (κ2) is 9.13. The molecule has 1 unspecified atom stereocenters. The summed E-state index contributed by atoms with van der Waals surface area (Å²) in [7, 11) is 0. The van der Waals surface area contributed by atoms with Crippen molar-refractivity contribution in [2.75, 3.05) is 32.7 Å². The second-order valence-corrected chi connectivity index (χ2v) is 7.48. The van der Waals surface area contributed by atoms with Crippen molar-refractivity contribution >= 4 is 17.2 Å². The van der Waals surface area contributed by atoms with Crippen LogP contribution in [0.1, 0.15) is 30.5 Å². The van der Waals surface area contributed by atoms with Gasteiger partial charge < -0.3 is 10.2 Å². The van der Waals surface area contributed by atoms with E-state index in [2.05, 4.69) is 44.1 Å². The number of carbonyl (C=O) groups is 1. The Hall–Kier alpha value is -1.69. The van der Waals surface area contributed by atoms with Crippen LogP contribution < -0.4 is 5.32 Å². The van der Waals surface area contributed by atoms with E-state index >= 15 is 0 Å². The van der Waals surface area contributed by atoms with Crippen molar-refractivity contribution in [1.29, 1.82) is 0 Å². The SMILES string of the molecule is CC(NC(=O)CCN1CCN(Cc2ccsc2)CC1)c1ccccc1. The van der Waals surface area contributed by atoms with E-state index in [1.54, 1.807) is 11.3 Å². The fourth-order valence-corrected chi connectivity index (χ4v) is 3.87. The van der Waals surface area contributed by atoms with E-state index in [1.807, 2.05) is 25.1 Å². The fraction of sp³-hybridized carbons (Fsp3) is 0.450. The molecule has 1 aromatic heterocycles. The Bertz CT molecular complexity index is 636. The fourth-order valence-electron chi connectivity index (χ4n) is 3.21. The van der Waals surface area contributed by atoms with Gasteiger partial charge in [-0.15, -0.1) is 0 Å². The van der Waals surface area contributed by atoms with E-state index in [4.69, 9.17) is 0 Å². The minimum absolute atomic E-state index is 0.0659. The normalized spacial score (nSPS) is 17.3. The van der Waals surface area contributed by atoms with Gasteiger partial charge in [0.25, 0.3) is 0 Å². The molecular weight excluding hydrogens is 330 g/mol. The summed E-state index contributed by atoms with van der Waals surface area (Å²) in [5.74, 6) is 0.136. The predicted octanol–water partition coefficient (Wildman–Crippen LogP) is 3.13. The predicted molar refractivity (Wildman–Crippen MR) is 104 cm³/mol. The maximum Gasteiger partial charge on any atom is 0.221 e. The highest BCUT2D eigenvalue weighted by Crippen LogP contribution is 2.13. The van der Waals surface area contributed by atoms with Gasteiger partial charge in [0.2, 0.25) is 5.91 Å². The van der Waals surface area contributed by atoms with Crippen molar-refractivity contribution in [1.82, 2.24) is 15.1 Å². The summed E-state index contributed by atoms with van der Waals surface area (Å²) in [5.41, 5.74) is 2.56. The van der Waals surface area contributed by atoms with E-state index in [0.29, 0.717) is 6.42 Å². The first-order valence-corrected chi connectivity index (χ1v) is 9.95. The van der Waals surface area contributed by atoms with Crippen LogP contribution in [0.2, 0.25) is 0 Å². The number of hydrogen-bond acceptors (Lipinski definition) is 4. The molecule has 25 heavy (non-hydrogen) atoms. The molecule has 1 amide bonds. The number of amides is 1. The van der Waals surface area contributed by atoms with E-state index in [0.717, 1.165) is 44.8 Å². The number of rotatable bonds is 7. The van der Waals surface area contributed by atoms with Gasteiger partial charge in [0.15, 0.2) is 0 Å². The Morgan fingerprint density at radius 2 is 1.84 bits per heavy atom. The molecule has 0 saturated carbocycles. The Morgan fingerprint density at radius 1 is 1.12 bits per heavy atom. The lowest BCUT2D eigenvalue weighted by Crippen LogP contribution is -2.46. The van der Waals surface area contributed by atoms with Gasteiger partial charge in [-0.05, 0) is 34.9 Å². The largest absolute Gasteiger partial charge is 0.350 e. The van der Waals surface area contributed by atoms with Crippen molar-refractivity contribution in [3.8, 4) is 0 Å². The summed E-state index contributed by atoms with van der Waals surface area (Å²) in [6.07, 6.45) is 0.571. The first kappa shape index (κ1) is 18.1.